The molecule has 2 aromatic heterocycles. The molecule has 1 aromatic carbocycles. The van der Waals surface area contributed by atoms with E-state index in [2.05, 4.69) is 19.9 Å². The van der Waals surface area contributed by atoms with Crippen molar-refractivity contribution in [1.29, 1.82) is 0 Å². The predicted octanol–water partition coefficient (Wildman–Crippen LogP) is 3.73. The molecule has 0 bridgehead atoms. The summed E-state index contributed by atoms with van der Waals surface area (Å²) in [5, 5.41) is 0.807. The normalized spacial score (nSPS) is 13.6. The average Bonchev–Trinajstić information content (AvgIpc) is 3.11. The fraction of sp³-hybridized carbons (Fsp3) is 0.400. The number of aromatic nitrogens is 4. The molecule has 1 aliphatic carbocycles. The smallest absolute Gasteiger partial charge is 0.259 e. The van der Waals surface area contributed by atoms with Crippen LogP contribution < -0.4 is 5.56 Å². The van der Waals surface area contributed by atoms with Crippen LogP contribution in [-0.4, -0.2) is 31.5 Å². The van der Waals surface area contributed by atoms with Crippen molar-refractivity contribution in [2.75, 3.05) is 5.75 Å². The molecule has 0 fully saturated rings. The van der Waals surface area contributed by atoms with Crippen molar-refractivity contribution in [3.63, 3.8) is 0 Å². The third-order valence-corrected chi connectivity index (χ3v) is 5.93. The summed E-state index contributed by atoms with van der Waals surface area (Å²) in [6, 6.07) is 2.79. The Morgan fingerprint density at radius 1 is 1.21 bits per heavy atom. The zero-order valence-electron chi connectivity index (χ0n) is 15.6. The average molecular weight is 400 g/mol. The maximum Gasteiger partial charge on any atom is 0.259 e. The summed E-state index contributed by atoms with van der Waals surface area (Å²) in [6.45, 7) is 1.61. The molecule has 2 N–H and O–H groups in total. The van der Waals surface area contributed by atoms with Gasteiger partial charge in [-0.1, -0.05) is 11.8 Å². The lowest BCUT2D eigenvalue weighted by Gasteiger charge is -2.07. The van der Waals surface area contributed by atoms with Crippen molar-refractivity contribution < 1.29 is 9.18 Å². The summed E-state index contributed by atoms with van der Waals surface area (Å²) in [5.41, 5.74) is 2.60. The predicted molar refractivity (Wildman–Crippen MR) is 107 cm³/mol. The number of carbonyl (C=O) groups excluding carboxylic acids is 1. The molecular formula is C20H21FN4O2S. The molecule has 28 heavy (non-hydrogen) atoms. The maximum absolute atomic E-state index is 13.7. The van der Waals surface area contributed by atoms with Crippen molar-refractivity contribution in [1.82, 2.24) is 19.9 Å². The van der Waals surface area contributed by atoms with Crippen LogP contribution in [0.5, 0.6) is 0 Å². The molecule has 0 spiro atoms. The van der Waals surface area contributed by atoms with Crippen LogP contribution in [0.3, 0.4) is 0 Å². The van der Waals surface area contributed by atoms with Gasteiger partial charge in [0.1, 0.15) is 5.82 Å². The van der Waals surface area contributed by atoms with Crippen molar-refractivity contribution in [2.45, 2.75) is 50.6 Å². The summed E-state index contributed by atoms with van der Waals surface area (Å²) in [4.78, 5) is 39.2. The SMILES string of the molecule is Cc1cc2c(=O)[nH]c(SCCCC(=O)c3nc4c([nH]3)CCCC4)nc2cc1F. The molecule has 2 heterocycles. The molecule has 0 amide bonds. The first-order valence-electron chi connectivity index (χ1n) is 9.45. The van der Waals surface area contributed by atoms with E-state index >= 15 is 0 Å². The van der Waals surface area contributed by atoms with E-state index in [1.807, 2.05) is 0 Å². The van der Waals surface area contributed by atoms with Gasteiger partial charge in [0, 0.05) is 23.9 Å². The summed E-state index contributed by atoms with van der Waals surface area (Å²) in [7, 11) is 0. The Morgan fingerprint density at radius 3 is 2.86 bits per heavy atom. The number of nitrogens with one attached hydrogen (secondary N) is 2. The van der Waals surface area contributed by atoms with Gasteiger partial charge in [-0.25, -0.2) is 14.4 Å². The van der Waals surface area contributed by atoms with Crippen LogP contribution in [0.25, 0.3) is 10.9 Å². The number of ketones is 1. The first-order chi connectivity index (χ1) is 13.5. The second kappa shape index (κ2) is 7.87. The van der Waals surface area contributed by atoms with Crippen molar-refractivity contribution in [3.8, 4) is 0 Å². The lowest BCUT2D eigenvalue weighted by Crippen LogP contribution is -2.10. The van der Waals surface area contributed by atoms with Gasteiger partial charge in [0.2, 0.25) is 0 Å². The molecule has 0 saturated carbocycles. The lowest BCUT2D eigenvalue weighted by molar-refractivity contribution is 0.0972. The van der Waals surface area contributed by atoms with Crippen molar-refractivity contribution in [2.24, 2.45) is 0 Å². The van der Waals surface area contributed by atoms with Crippen LogP contribution in [0.2, 0.25) is 0 Å². The van der Waals surface area contributed by atoms with Gasteiger partial charge in [0.05, 0.1) is 16.6 Å². The second-order valence-corrected chi connectivity index (χ2v) is 8.17. The highest BCUT2D eigenvalue weighted by Crippen LogP contribution is 2.21. The van der Waals surface area contributed by atoms with Crippen LogP contribution >= 0.6 is 11.8 Å². The number of thioether (sulfide) groups is 1. The van der Waals surface area contributed by atoms with E-state index in [9.17, 15) is 14.0 Å². The highest BCUT2D eigenvalue weighted by atomic mass is 32.2. The molecule has 3 aromatic rings. The van der Waals surface area contributed by atoms with Gasteiger partial charge in [-0.15, -0.1) is 0 Å². The van der Waals surface area contributed by atoms with Gasteiger partial charge in [0.25, 0.3) is 5.56 Å². The zero-order chi connectivity index (χ0) is 19.7. The van der Waals surface area contributed by atoms with Gasteiger partial charge >= 0.3 is 0 Å². The third kappa shape index (κ3) is 3.87. The number of hydrogen-bond acceptors (Lipinski definition) is 5. The number of aryl methyl sites for hydroxylation is 3. The largest absolute Gasteiger partial charge is 0.339 e. The summed E-state index contributed by atoms with van der Waals surface area (Å²) in [5.74, 6) is 0.704. The van der Waals surface area contributed by atoms with Gasteiger partial charge in [0.15, 0.2) is 16.8 Å². The minimum absolute atomic E-state index is 0.00695. The molecule has 6 nitrogen and oxygen atoms in total. The van der Waals surface area contributed by atoms with Crippen LogP contribution in [0.1, 0.15) is 53.3 Å². The Morgan fingerprint density at radius 2 is 2.04 bits per heavy atom. The van der Waals surface area contributed by atoms with Gasteiger partial charge in [-0.05, 0) is 50.7 Å². The van der Waals surface area contributed by atoms with Crippen LogP contribution in [0.15, 0.2) is 22.1 Å². The molecule has 0 radical (unpaired) electrons. The second-order valence-electron chi connectivity index (χ2n) is 7.08. The number of benzene rings is 1. The van der Waals surface area contributed by atoms with E-state index in [1.54, 1.807) is 6.92 Å². The lowest BCUT2D eigenvalue weighted by atomic mass is 10.0. The van der Waals surface area contributed by atoms with Crippen molar-refractivity contribution in [3.05, 3.63) is 51.1 Å². The van der Waals surface area contributed by atoms with Crippen LogP contribution in [0.4, 0.5) is 4.39 Å². The van der Waals surface area contributed by atoms with E-state index in [1.165, 1.54) is 23.9 Å². The quantitative estimate of drug-likeness (QED) is 0.285. The number of halogens is 1. The molecule has 0 unspecified atom stereocenters. The molecule has 0 atom stereocenters. The van der Waals surface area contributed by atoms with Gasteiger partial charge in [-0.3, -0.25) is 9.59 Å². The number of nitrogens with zero attached hydrogens (tertiary/aromatic N) is 2. The Bertz CT molecular complexity index is 1080. The topological polar surface area (TPSA) is 91.5 Å². The summed E-state index contributed by atoms with van der Waals surface area (Å²) in [6.07, 6.45) is 5.19. The Balaban J connectivity index is 1.36. The number of fused-ring (bicyclic) bond motifs is 2. The summed E-state index contributed by atoms with van der Waals surface area (Å²) >= 11 is 1.35. The number of rotatable bonds is 6. The molecule has 0 saturated heterocycles. The van der Waals surface area contributed by atoms with E-state index in [4.69, 9.17) is 0 Å². The number of H-pyrrole nitrogens is 2. The first-order valence-corrected chi connectivity index (χ1v) is 10.4. The van der Waals surface area contributed by atoms with E-state index in [-0.39, 0.29) is 17.2 Å². The fourth-order valence-corrected chi connectivity index (χ4v) is 4.23. The summed E-state index contributed by atoms with van der Waals surface area (Å²) < 4.78 is 13.7. The third-order valence-electron chi connectivity index (χ3n) is 4.97. The van der Waals surface area contributed by atoms with Crippen LogP contribution in [-0.2, 0) is 12.8 Å². The molecule has 146 valence electrons. The minimum Gasteiger partial charge on any atom is -0.339 e. The fourth-order valence-electron chi connectivity index (χ4n) is 3.42. The van der Waals surface area contributed by atoms with Crippen LogP contribution in [0, 0.1) is 12.7 Å². The van der Waals surface area contributed by atoms with E-state index < -0.39 is 0 Å². The van der Waals surface area contributed by atoms with Gasteiger partial charge < -0.3 is 9.97 Å². The molecule has 1 aliphatic rings. The van der Waals surface area contributed by atoms with Crippen molar-refractivity contribution >= 4 is 28.4 Å². The Labute approximate surface area is 165 Å². The number of imidazole rings is 1. The number of Topliss-reactive ketones (excluding diaryl/α,β-unsaturated/α-hetero) is 1. The molecule has 8 heteroatoms. The molecule has 0 aliphatic heterocycles. The highest BCUT2D eigenvalue weighted by molar-refractivity contribution is 7.99. The first kappa shape index (κ1) is 18.9. The number of carbonyl (C=O) groups is 1. The Kier molecular flexibility index (Phi) is 5.30. The highest BCUT2D eigenvalue weighted by Gasteiger charge is 2.18. The zero-order valence-corrected chi connectivity index (χ0v) is 16.4. The molecular weight excluding hydrogens is 379 g/mol. The monoisotopic (exact) mass is 400 g/mol. The number of hydrogen-bond donors (Lipinski definition) is 2. The Hall–Kier alpha value is -2.48. The maximum atomic E-state index is 13.7. The van der Waals surface area contributed by atoms with E-state index in [0.717, 1.165) is 37.1 Å². The standard InChI is InChI=1S/C20H21FN4O2S/c1-11-9-12-16(10-13(11)21)24-20(25-19(12)27)28-8-4-7-17(26)18-22-14-5-2-3-6-15(14)23-18/h9-10H,2-8H2,1H3,(H,22,23)(H,24,25,27). The molecule has 4 rings (SSSR count). The van der Waals surface area contributed by atoms with E-state index in [0.29, 0.717) is 46.0 Å². The number of aromatic amines is 2. The minimum atomic E-state index is -0.381. The van der Waals surface area contributed by atoms with Gasteiger partial charge in [-0.2, -0.15) is 0 Å².